The van der Waals surface area contributed by atoms with Crippen molar-refractivity contribution in [1.29, 1.82) is 0 Å². The Bertz CT molecular complexity index is 955. The van der Waals surface area contributed by atoms with Gasteiger partial charge in [-0.1, -0.05) is 12.1 Å². The molecule has 0 unspecified atom stereocenters. The van der Waals surface area contributed by atoms with Gasteiger partial charge in [-0.25, -0.2) is 13.6 Å². The predicted molar refractivity (Wildman–Crippen MR) is 105 cm³/mol. The first-order valence-corrected chi connectivity index (χ1v) is 9.33. The quantitative estimate of drug-likeness (QED) is 0.586. The van der Waals surface area contributed by atoms with Crippen LogP contribution in [0.25, 0.3) is 0 Å². The lowest BCUT2D eigenvalue weighted by molar-refractivity contribution is -0.0807. The van der Waals surface area contributed by atoms with Crippen molar-refractivity contribution >= 4 is 11.8 Å². The maximum atomic E-state index is 14.9. The predicted octanol–water partition coefficient (Wildman–Crippen LogP) is 3.74. The van der Waals surface area contributed by atoms with Gasteiger partial charge in [-0.3, -0.25) is 10.6 Å². The Morgan fingerprint density at radius 2 is 1.90 bits per heavy atom. The van der Waals surface area contributed by atoms with Crippen LogP contribution in [0, 0.1) is 11.6 Å². The van der Waals surface area contributed by atoms with E-state index < -0.39 is 34.6 Å². The number of aromatic hydroxyl groups is 2. The first kappa shape index (κ1) is 21.8. The van der Waals surface area contributed by atoms with Gasteiger partial charge in [-0.2, -0.15) is 0 Å². The molecule has 1 saturated heterocycles. The van der Waals surface area contributed by atoms with Crippen LogP contribution >= 0.6 is 0 Å². The summed E-state index contributed by atoms with van der Waals surface area (Å²) in [6.45, 7) is 5.37. The summed E-state index contributed by atoms with van der Waals surface area (Å²) in [4.78, 5) is 11.9. The molecule has 0 atom stereocenters. The van der Waals surface area contributed by atoms with Gasteiger partial charge in [0, 0.05) is 23.7 Å². The fraction of sp³-hybridized carbons (Fsp3) is 0.381. The summed E-state index contributed by atoms with van der Waals surface area (Å²) in [5.41, 5.74) is -1.26. The van der Waals surface area contributed by atoms with Gasteiger partial charge in [0.25, 0.3) is 0 Å². The lowest BCUT2D eigenvalue weighted by Crippen LogP contribution is -2.57. The smallest absolute Gasteiger partial charge is 0.412 e. The van der Waals surface area contributed by atoms with Crippen molar-refractivity contribution in [3.05, 3.63) is 53.1 Å². The summed E-state index contributed by atoms with van der Waals surface area (Å²) in [5, 5.41) is 25.0. The molecule has 4 N–H and O–H groups in total. The number of hydrogen-bond acceptors (Lipinski definition) is 6. The lowest BCUT2D eigenvalue weighted by atomic mass is 9.86. The van der Waals surface area contributed by atoms with Crippen LogP contribution in [0.3, 0.4) is 0 Å². The number of carbonyl (C=O) groups excluding carboxylic acids is 1. The van der Waals surface area contributed by atoms with E-state index in [1.54, 1.807) is 26.8 Å². The third-order valence-electron chi connectivity index (χ3n) is 4.61. The van der Waals surface area contributed by atoms with Crippen molar-refractivity contribution in [2.24, 2.45) is 0 Å². The van der Waals surface area contributed by atoms with Gasteiger partial charge in [0.15, 0.2) is 17.4 Å². The average Bonchev–Trinajstić information content (AvgIpc) is 2.59. The topological polar surface area (TPSA) is 100 Å². The molecule has 0 bridgehead atoms. The van der Waals surface area contributed by atoms with E-state index in [0.717, 1.165) is 12.1 Å². The number of rotatable bonds is 5. The highest BCUT2D eigenvalue weighted by Crippen LogP contribution is 2.38. The largest absolute Gasteiger partial charge is 0.507 e. The fourth-order valence-electron chi connectivity index (χ4n) is 3.08. The van der Waals surface area contributed by atoms with Crippen LogP contribution in [-0.2, 0) is 21.6 Å². The number of nitrogens with one attached hydrogen (secondary N) is 2. The number of ether oxygens (including phenoxy) is 2. The highest BCUT2D eigenvalue weighted by atomic mass is 19.1. The molecule has 0 spiro atoms. The number of phenolic OH excluding ortho intramolecular Hbond substituents is 2. The Morgan fingerprint density at radius 1 is 1.20 bits per heavy atom. The van der Waals surface area contributed by atoms with Crippen molar-refractivity contribution in [2.75, 3.05) is 18.5 Å². The summed E-state index contributed by atoms with van der Waals surface area (Å²) in [7, 11) is 0. The molecule has 7 nitrogen and oxygen atoms in total. The molecule has 1 amide bonds. The Morgan fingerprint density at radius 3 is 2.50 bits per heavy atom. The number of hydrogen-bond donors (Lipinski definition) is 4. The number of benzene rings is 2. The van der Waals surface area contributed by atoms with Crippen LogP contribution in [0.5, 0.6) is 11.5 Å². The van der Waals surface area contributed by atoms with Crippen LogP contribution in [0.2, 0.25) is 0 Å². The monoisotopic (exact) mass is 422 g/mol. The summed E-state index contributed by atoms with van der Waals surface area (Å²) < 4.78 is 39.1. The third-order valence-corrected chi connectivity index (χ3v) is 4.61. The summed E-state index contributed by atoms with van der Waals surface area (Å²) in [6.07, 6.45) is -0.778. The molecule has 1 aliphatic rings. The van der Waals surface area contributed by atoms with E-state index >= 15 is 0 Å². The van der Waals surface area contributed by atoms with Gasteiger partial charge >= 0.3 is 6.09 Å². The van der Waals surface area contributed by atoms with Crippen LogP contribution in [0.4, 0.5) is 19.3 Å². The molecule has 1 heterocycles. The van der Waals surface area contributed by atoms with Crippen molar-refractivity contribution in [3.63, 3.8) is 0 Å². The molecule has 162 valence electrons. The van der Waals surface area contributed by atoms with E-state index in [1.807, 2.05) is 0 Å². The average molecular weight is 422 g/mol. The Labute approximate surface area is 172 Å². The van der Waals surface area contributed by atoms with E-state index in [2.05, 4.69) is 10.6 Å². The molecular formula is C21H24F2N2O5. The zero-order chi connectivity index (χ0) is 22.1. The Balaban J connectivity index is 1.77. The van der Waals surface area contributed by atoms with Crippen LogP contribution in [0.1, 0.15) is 31.9 Å². The van der Waals surface area contributed by atoms with Gasteiger partial charge in [0.2, 0.25) is 0 Å². The third kappa shape index (κ3) is 4.63. The fourth-order valence-corrected chi connectivity index (χ4v) is 3.08. The molecule has 1 aliphatic heterocycles. The van der Waals surface area contributed by atoms with E-state index in [0.29, 0.717) is 0 Å². The maximum absolute atomic E-state index is 14.9. The minimum atomic E-state index is -0.945. The van der Waals surface area contributed by atoms with Gasteiger partial charge in [-0.15, -0.1) is 0 Å². The second kappa shape index (κ2) is 8.08. The highest BCUT2D eigenvalue weighted by molar-refractivity contribution is 5.85. The SMILES string of the molecule is CC(C)(C)OC(=O)Nc1cccc(CNC2(c3cc(F)c(O)cc3O)COC2)c1F. The van der Waals surface area contributed by atoms with Gasteiger partial charge in [0.05, 0.1) is 24.4 Å². The van der Waals surface area contributed by atoms with Crippen molar-refractivity contribution in [2.45, 2.75) is 38.5 Å². The van der Waals surface area contributed by atoms with Crippen molar-refractivity contribution in [3.8, 4) is 11.5 Å². The lowest BCUT2D eigenvalue weighted by Gasteiger charge is -2.43. The summed E-state index contributed by atoms with van der Waals surface area (Å²) in [5.74, 6) is -2.50. The molecular weight excluding hydrogens is 398 g/mol. The zero-order valence-electron chi connectivity index (χ0n) is 16.9. The molecule has 0 aromatic heterocycles. The summed E-state index contributed by atoms with van der Waals surface area (Å²) >= 11 is 0. The van der Waals surface area contributed by atoms with E-state index in [1.165, 1.54) is 12.1 Å². The Kier molecular flexibility index (Phi) is 5.87. The number of amides is 1. The molecule has 0 radical (unpaired) electrons. The first-order valence-electron chi connectivity index (χ1n) is 9.33. The molecule has 9 heteroatoms. The number of phenols is 2. The Hall–Kier alpha value is -2.91. The maximum Gasteiger partial charge on any atom is 0.412 e. The number of halogens is 2. The number of anilines is 1. The second-order valence-corrected chi connectivity index (χ2v) is 8.15. The first-order chi connectivity index (χ1) is 14.0. The van der Waals surface area contributed by atoms with Gasteiger partial charge < -0.3 is 19.7 Å². The standard InChI is InChI=1S/C21H24F2N2O5/c1-20(2,3)30-19(28)25-15-6-4-5-12(18(15)23)9-24-21(10-29-11-21)13-7-14(22)17(27)8-16(13)26/h4-8,24,26-27H,9-11H2,1-3H3,(H,25,28). The minimum Gasteiger partial charge on any atom is -0.507 e. The van der Waals surface area contributed by atoms with Crippen LogP contribution in [-0.4, -0.2) is 35.1 Å². The van der Waals surface area contributed by atoms with Gasteiger partial charge in [-0.05, 0) is 32.9 Å². The van der Waals surface area contributed by atoms with Gasteiger partial charge in [0.1, 0.15) is 11.4 Å². The summed E-state index contributed by atoms with van der Waals surface area (Å²) in [6, 6.07) is 6.46. The molecule has 3 rings (SSSR count). The molecule has 1 fully saturated rings. The van der Waals surface area contributed by atoms with Crippen molar-refractivity contribution in [1.82, 2.24) is 5.32 Å². The van der Waals surface area contributed by atoms with E-state index in [-0.39, 0.29) is 42.3 Å². The molecule has 0 aliphatic carbocycles. The normalized spacial score (nSPS) is 15.4. The molecule has 2 aromatic rings. The highest BCUT2D eigenvalue weighted by Gasteiger charge is 2.42. The van der Waals surface area contributed by atoms with E-state index in [9.17, 15) is 23.8 Å². The van der Waals surface area contributed by atoms with Crippen molar-refractivity contribution < 1.29 is 33.3 Å². The number of carbonyl (C=O) groups is 1. The molecule has 0 saturated carbocycles. The minimum absolute atomic E-state index is 0.0148. The van der Waals surface area contributed by atoms with Crippen LogP contribution < -0.4 is 10.6 Å². The second-order valence-electron chi connectivity index (χ2n) is 8.15. The zero-order valence-corrected chi connectivity index (χ0v) is 16.9. The van der Waals surface area contributed by atoms with E-state index in [4.69, 9.17) is 9.47 Å². The molecule has 2 aromatic carbocycles. The van der Waals surface area contributed by atoms with Crippen LogP contribution in [0.15, 0.2) is 30.3 Å². The molecule has 30 heavy (non-hydrogen) atoms.